The third kappa shape index (κ3) is 3.95. The van der Waals surface area contributed by atoms with E-state index < -0.39 is 11.4 Å². The molecule has 0 radical (unpaired) electrons. The van der Waals surface area contributed by atoms with Gasteiger partial charge in [-0.05, 0) is 38.8 Å². The molecule has 0 aliphatic carbocycles. The number of amides is 1. The smallest absolute Gasteiger partial charge is 0.311 e. The van der Waals surface area contributed by atoms with Crippen LogP contribution in [0, 0.1) is 5.41 Å². The predicted octanol–water partition coefficient (Wildman–Crippen LogP) is 0.858. The second kappa shape index (κ2) is 7.22. The number of nitrogens with zero attached hydrogens (tertiary/aromatic N) is 1. The number of rotatable bonds is 6. The van der Waals surface area contributed by atoms with Crippen molar-refractivity contribution in [3.8, 4) is 0 Å². The number of piperidine rings is 1. The number of hydrogen-bond acceptors (Lipinski definition) is 4. The lowest BCUT2D eigenvalue weighted by Gasteiger charge is -2.26. The van der Waals surface area contributed by atoms with Gasteiger partial charge in [0.1, 0.15) is 6.61 Å². The van der Waals surface area contributed by atoms with Crippen LogP contribution in [0.3, 0.4) is 0 Å². The summed E-state index contributed by atoms with van der Waals surface area (Å²) in [6.45, 7) is 4.77. The van der Waals surface area contributed by atoms with Crippen molar-refractivity contribution in [2.45, 2.75) is 45.1 Å². The molecular formula is C15H26N2O4. The Bertz CT molecular complexity index is 382. The minimum absolute atomic E-state index is 0.0759. The number of carboxylic acids is 1. The molecule has 6 heteroatoms. The zero-order chi connectivity index (χ0) is 15.3. The predicted molar refractivity (Wildman–Crippen MR) is 78.0 cm³/mol. The van der Waals surface area contributed by atoms with E-state index in [1.165, 1.54) is 0 Å². The van der Waals surface area contributed by atoms with Crippen LogP contribution in [0.5, 0.6) is 0 Å². The minimum atomic E-state index is -0.779. The van der Waals surface area contributed by atoms with Gasteiger partial charge in [0, 0.05) is 13.1 Å². The van der Waals surface area contributed by atoms with E-state index in [1.54, 1.807) is 4.90 Å². The molecule has 1 atom stereocenters. The number of likely N-dealkylation sites (tertiary alicyclic amines) is 1. The Hall–Kier alpha value is -1.14. The zero-order valence-corrected chi connectivity index (χ0v) is 12.8. The van der Waals surface area contributed by atoms with Crippen LogP contribution in [0.1, 0.15) is 39.0 Å². The van der Waals surface area contributed by atoms with Crippen molar-refractivity contribution in [2.24, 2.45) is 5.41 Å². The van der Waals surface area contributed by atoms with Crippen molar-refractivity contribution in [1.82, 2.24) is 10.2 Å². The number of carbonyl (C=O) groups excluding carboxylic acids is 1. The van der Waals surface area contributed by atoms with Crippen LogP contribution < -0.4 is 5.32 Å². The molecule has 2 saturated heterocycles. The van der Waals surface area contributed by atoms with E-state index in [4.69, 9.17) is 4.74 Å². The maximum absolute atomic E-state index is 12.2. The first-order valence-electron chi connectivity index (χ1n) is 7.91. The molecular weight excluding hydrogens is 272 g/mol. The molecule has 2 fully saturated rings. The van der Waals surface area contributed by atoms with E-state index in [2.05, 4.69) is 5.32 Å². The largest absolute Gasteiger partial charge is 0.481 e. The van der Waals surface area contributed by atoms with E-state index in [-0.39, 0.29) is 18.6 Å². The summed E-state index contributed by atoms with van der Waals surface area (Å²) in [6.07, 6.45) is 4.01. The summed E-state index contributed by atoms with van der Waals surface area (Å²) in [5.41, 5.74) is -0.751. The average molecular weight is 298 g/mol. The summed E-state index contributed by atoms with van der Waals surface area (Å²) in [6, 6.07) is 0. The fraction of sp³-hybridized carbons (Fsp3) is 0.867. The molecule has 2 N–H and O–H groups in total. The Labute approximate surface area is 125 Å². The Balaban J connectivity index is 1.82. The van der Waals surface area contributed by atoms with Gasteiger partial charge in [0.15, 0.2) is 0 Å². The summed E-state index contributed by atoms with van der Waals surface area (Å²) >= 11 is 0. The molecule has 0 saturated carbocycles. The molecule has 2 aliphatic rings. The van der Waals surface area contributed by atoms with Crippen molar-refractivity contribution in [1.29, 1.82) is 0 Å². The van der Waals surface area contributed by atoms with Crippen LogP contribution >= 0.6 is 0 Å². The summed E-state index contributed by atoms with van der Waals surface area (Å²) in [5.74, 6) is -0.855. The SMILES string of the molecule is CCCC1(C(=O)O)CCN(C(=O)COC2CCNCC2)C1. The Morgan fingerprint density at radius 2 is 2.10 bits per heavy atom. The Morgan fingerprint density at radius 3 is 2.71 bits per heavy atom. The molecule has 0 spiro atoms. The second-order valence-electron chi connectivity index (χ2n) is 6.16. The van der Waals surface area contributed by atoms with Crippen LogP contribution in [-0.2, 0) is 14.3 Å². The highest BCUT2D eigenvalue weighted by Crippen LogP contribution is 2.35. The van der Waals surface area contributed by atoms with E-state index in [0.29, 0.717) is 25.9 Å². The Kier molecular flexibility index (Phi) is 5.58. The van der Waals surface area contributed by atoms with Crippen LogP contribution in [0.2, 0.25) is 0 Å². The second-order valence-corrected chi connectivity index (χ2v) is 6.16. The summed E-state index contributed by atoms with van der Waals surface area (Å²) in [4.78, 5) is 25.4. The van der Waals surface area contributed by atoms with Crippen LogP contribution in [0.4, 0.5) is 0 Å². The molecule has 1 amide bonds. The first kappa shape index (κ1) is 16.2. The van der Waals surface area contributed by atoms with E-state index >= 15 is 0 Å². The quantitative estimate of drug-likeness (QED) is 0.760. The van der Waals surface area contributed by atoms with Gasteiger partial charge in [0.2, 0.25) is 5.91 Å². The maximum Gasteiger partial charge on any atom is 0.311 e. The fourth-order valence-corrected chi connectivity index (χ4v) is 3.29. The topological polar surface area (TPSA) is 78.9 Å². The summed E-state index contributed by atoms with van der Waals surface area (Å²) in [7, 11) is 0. The van der Waals surface area contributed by atoms with Gasteiger partial charge in [-0.2, -0.15) is 0 Å². The number of hydrogen-bond donors (Lipinski definition) is 2. The van der Waals surface area contributed by atoms with Gasteiger partial charge in [-0.3, -0.25) is 9.59 Å². The number of nitrogens with one attached hydrogen (secondary N) is 1. The normalized spacial score (nSPS) is 27.0. The molecule has 2 rings (SSSR count). The minimum Gasteiger partial charge on any atom is -0.481 e. The van der Waals surface area contributed by atoms with Gasteiger partial charge < -0.3 is 20.1 Å². The third-order valence-electron chi connectivity index (χ3n) is 4.62. The molecule has 0 aromatic rings. The summed E-state index contributed by atoms with van der Waals surface area (Å²) in [5, 5.41) is 12.7. The molecule has 0 aromatic heterocycles. The van der Waals surface area contributed by atoms with E-state index in [1.807, 2.05) is 6.92 Å². The van der Waals surface area contributed by atoms with Gasteiger partial charge in [-0.1, -0.05) is 13.3 Å². The number of ether oxygens (including phenoxy) is 1. The molecule has 0 bridgehead atoms. The lowest BCUT2D eigenvalue weighted by molar-refractivity contribution is -0.149. The van der Waals surface area contributed by atoms with Crippen LogP contribution in [0.15, 0.2) is 0 Å². The van der Waals surface area contributed by atoms with Crippen LogP contribution in [-0.4, -0.2) is 60.8 Å². The van der Waals surface area contributed by atoms with Crippen molar-refractivity contribution in [3.05, 3.63) is 0 Å². The molecule has 6 nitrogen and oxygen atoms in total. The van der Waals surface area contributed by atoms with E-state index in [0.717, 1.165) is 32.4 Å². The van der Waals surface area contributed by atoms with Crippen molar-refractivity contribution >= 4 is 11.9 Å². The van der Waals surface area contributed by atoms with Gasteiger partial charge in [-0.15, -0.1) is 0 Å². The molecule has 1 unspecified atom stereocenters. The standard InChI is InChI=1S/C15H26N2O4/c1-2-5-15(14(19)20)6-9-17(11-15)13(18)10-21-12-3-7-16-8-4-12/h12,16H,2-11H2,1H3,(H,19,20). The number of carboxylic acid groups (broad SMARTS) is 1. The highest BCUT2D eigenvalue weighted by atomic mass is 16.5. The van der Waals surface area contributed by atoms with Crippen LogP contribution in [0.25, 0.3) is 0 Å². The van der Waals surface area contributed by atoms with Crippen molar-refractivity contribution < 1.29 is 19.4 Å². The molecule has 21 heavy (non-hydrogen) atoms. The zero-order valence-electron chi connectivity index (χ0n) is 12.8. The maximum atomic E-state index is 12.2. The molecule has 2 heterocycles. The molecule has 120 valence electrons. The van der Waals surface area contributed by atoms with Gasteiger partial charge in [-0.25, -0.2) is 0 Å². The highest BCUT2D eigenvalue weighted by molar-refractivity contribution is 5.81. The van der Waals surface area contributed by atoms with E-state index in [9.17, 15) is 14.7 Å². The molecule has 0 aromatic carbocycles. The number of carbonyl (C=O) groups is 2. The molecule has 2 aliphatic heterocycles. The number of aliphatic carboxylic acids is 1. The van der Waals surface area contributed by atoms with Gasteiger partial charge >= 0.3 is 5.97 Å². The van der Waals surface area contributed by atoms with Crippen molar-refractivity contribution in [3.63, 3.8) is 0 Å². The van der Waals surface area contributed by atoms with Gasteiger partial charge in [0.25, 0.3) is 0 Å². The first-order chi connectivity index (χ1) is 10.1. The lowest BCUT2D eigenvalue weighted by Crippen LogP contribution is -2.39. The third-order valence-corrected chi connectivity index (χ3v) is 4.62. The highest BCUT2D eigenvalue weighted by Gasteiger charge is 2.45. The Morgan fingerprint density at radius 1 is 1.38 bits per heavy atom. The first-order valence-corrected chi connectivity index (χ1v) is 7.91. The lowest BCUT2D eigenvalue weighted by atomic mass is 9.83. The van der Waals surface area contributed by atoms with Gasteiger partial charge in [0.05, 0.1) is 11.5 Å². The monoisotopic (exact) mass is 298 g/mol. The average Bonchev–Trinajstić information content (AvgIpc) is 2.92. The fourth-order valence-electron chi connectivity index (χ4n) is 3.29. The summed E-state index contributed by atoms with van der Waals surface area (Å²) < 4.78 is 5.67. The van der Waals surface area contributed by atoms with Crippen molar-refractivity contribution in [2.75, 3.05) is 32.8 Å².